The molecular weight excluding hydrogens is 285 g/mol. The Labute approximate surface area is 116 Å². The molecule has 7 heteroatoms. The zero-order valence-electron chi connectivity index (χ0n) is 10.6. The first-order valence-corrected chi connectivity index (χ1v) is 7.87. The van der Waals surface area contributed by atoms with Gasteiger partial charge in [-0.25, -0.2) is 12.8 Å². The van der Waals surface area contributed by atoms with E-state index in [1.807, 2.05) is 0 Å². The fourth-order valence-corrected chi connectivity index (χ4v) is 5.22. The maximum Gasteiger partial charge on any atom is 0.308 e. The number of benzene rings is 1. The zero-order chi connectivity index (χ0) is 14.5. The molecular formula is C13H14FNO4S. The molecule has 0 radical (unpaired) electrons. The Morgan fingerprint density at radius 1 is 1.25 bits per heavy atom. The lowest BCUT2D eigenvalue weighted by molar-refractivity contribution is -0.142. The summed E-state index contributed by atoms with van der Waals surface area (Å²) in [6.45, 7) is 0. The Kier molecular flexibility index (Phi) is 3.06. The van der Waals surface area contributed by atoms with Crippen LogP contribution in [-0.4, -0.2) is 35.9 Å². The Bertz CT molecular complexity index is 643. The van der Waals surface area contributed by atoms with Crippen molar-refractivity contribution >= 4 is 16.0 Å². The number of carboxylic acids is 1. The summed E-state index contributed by atoms with van der Waals surface area (Å²) in [4.78, 5) is 11.2. The van der Waals surface area contributed by atoms with Gasteiger partial charge in [-0.05, 0) is 43.5 Å². The number of sulfonamides is 1. The number of fused-ring (bicyclic) bond motifs is 2. The quantitative estimate of drug-likeness (QED) is 0.916. The first-order chi connectivity index (χ1) is 9.41. The molecule has 3 atom stereocenters. The van der Waals surface area contributed by atoms with Gasteiger partial charge < -0.3 is 5.11 Å². The van der Waals surface area contributed by atoms with E-state index in [1.165, 1.54) is 16.4 Å². The van der Waals surface area contributed by atoms with Crippen molar-refractivity contribution in [1.29, 1.82) is 0 Å². The molecule has 2 fully saturated rings. The van der Waals surface area contributed by atoms with Crippen molar-refractivity contribution in [2.45, 2.75) is 36.2 Å². The maximum absolute atomic E-state index is 12.9. The highest BCUT2D eigenvalue weighted by Gasteiger charge is 2.54. The number of carbonyl (C=O) groups is 1. The van der Waals surface area contributed by atoms with Gasteiger partial charge in [-0.3, -0.25) is 4.79 Å². The van der Waals surface area contributed by atoms with Gasteiger partial charge in [0.25, 0.3) is 0 Å². The van der Waals surface area contributed by atoms with Gasteiger partial charge in [0.2, 0.25) is 10.0 Å². The minimum atomic E-state index is -3.75. The van der Waals surface area contributed by atoms with Crippen LogP contribution in [-0.2, 0) is 14.8 Å². The van der Waals surface area contributed by atoms with Crippen LogP contribution in [0, 0.1) is 11.7 Å². The first kappa shape index (κ1) is 13.5. The lowest BCUT2D eigenvalue weighted by Gasteiger charge is -2.22. The summed E-state index contributed by atoms with van der Waals surface area (Å²) in [7, 11) is -3.75. The van der Waals surface area contributed by atoms with E-state index >= 15 is 0 Å². The highest BCUT2D eigenvalue weighted by atomic mass is 32.2. The van der Waals surface area contributed by atoms with Crippen LogP contribution in [0.1, 0.15) is 19.3 Å². The zero-order valence-corrected chi connectivity index (χ0v) is 11.4. The Morgan fingerprint density at radius 2 is 1.90 bits per heavy atom. The topological polar surface area (TPSA) is 74.7 Å². The van der Waals surface area contributed by atoms with E-state index < -0.39 is 33.8 Å². The van der Waals surface area contributed by atoms with Gasteiger partial charge in [0.1, 0.15) is 5.82 Å². The number of hydrogen-bond donors (Lipinski definition) is 1. The summed E-state index contributed by atoms with van der Waals surface area (Å²) in [5, 5.41) is 9.15. The van der Waals surface area contributed by atoms with E-state index in [4.69, 9.17) is 5.11 Å². The van der Waals surface area contributed by atoms with Gasteiger partial charge in [0.05, 0.1) is 10.8 Å². The van der Waals surface area contributed by atoms with Gasteiger partial charge in [-0.1, -0.05) is 0 Å². The number of hydrogen-bond acceptors (Lipinski definition) is 3. The number of nitrogens with zero attached hydrogens (tertiary/aromatic N) is 1. The van der Waals surface area contributed by atoms with Crippen LogP contribution in [0.25, 0.3) is 0 Å². The van der Waals surface area contributed by atoms with E-state index in [0.717, 1.165) is 12.1 Å². The van der Waals surface area contributed by atoms with E-state index in [0.29, 0.717) is 19.3 Å². The molecule has 2 heterocycles. The molecule has 0 saturated carbocycles. The molecule has 2 saturated heterocycles. The lowest BCUT2D eigenvalue weighted by atomic mass is 9.89. The summed E-state index contributed by atoms with van der Waals surface area (Å²) < 4.78 is 39.4. The number of aliphatic carboxylic acids is 1. The van der Waals surface area contributed by atoms with Crippen molar-refractivity contribution in [2.24, 2.45) is 5.92 Å². The van der Waals surface area contributed by atoms with Crippen molar-refractivity contribution < 1.29 is 22.7 Å². The van der Waals surface area contributed by atoms with Gasteiger partial charge in [-0.2, -0.15) is 4.31 Å². The van der Waals surface area contributed by atoms with Crippen LogP contribution in [0.5, 0.6) is 0 Å². The van der Waals surface area contributed by atoms with Crippen LogP contribution >= 0.6 is 0 Å². The summed E-state index contributed by atoms with van der Waals surface area (Å²) in [6.07, 6.45) is 1.62. The van der Waals surface area contributed by atoms with E-state index in [-0.39, 0.29) is 10.9 Å². The molecule has 2 aliphatic rings. The molecule has 1 aromatic rings. The Hall–Kier alpha value is -1.47. The van der Waals surface area contributed by atoms with Gasteiger partial charge in [-0.15, -0.1) is 0 Å². The average molecular weight is 299 g/mol. The van der Waals surface area contributed by atoms with Crippen LogP contribution in [0.4, 0.5) is 4.39 Å². The minimum absolute atomic E-state index is 0.0156. The standard InChI is InChI=1S/C13H14FNO4S/c14-8-1-4-10(5-2-8)20(18,19)15-9-3-6-12(15)11(7-9)13(16)17/h1-2,4-5,9,11-12H,3,6-7H2,(H,16,17). The van der Waals surface area contributed by atoms with Crippen LogP contribution < -0.4 is 0 Å². The van der Waals surface area contributed by atoms with Crippen molar-refractivity contribution in [3.05, 3.63) is 30.1 Å². The summed E-state index contributed by atoms with van der Waals surface area (Å²) in [6, 6.07) is 3.90. The molecule has 20 heavy (non-hydrogen) atoms. The molecule has 2 bridgehead atoms. The molecule has 0 spiro atoms. The summed E-state index contributed by atoms with van der Waals surface area (Å²) >= 11 is 0. The molecule has 0 amide bonds. The third kappa shape index (κ3) is 1.92. The van der Waals surface area contributed by atoms with E-state index in [1.54, 1.807) is 0 Å². The Morgan fingerprint density at radius 3 is 2.45 bits per heavy atom. The van der Waals surface area contributed by atoms with Crippen LogP contribution in [0.15, 0.2) is 29.2 Å². The van der Waals surface area contributed by atoms with Crippen molar-refractivity contribution in [1.82, 2.24) is 4.31 Å². The molecule has 108 valence electrons. The number of halogens is 1. The van der Waals surface area contributed by atoms with Crippen molar-refractivity contribution in [3.8, 4) is 0 Å². The van der Waals surface area contributed by atoms with Gasteiger partial charge in [0, 0.05) is 12.1 Å². The third-order valence-corrected chi connectivity index (χ3v) is 6.17. The maximum atomic E-state index is 12.9. The smallest absolute Gasteiger partial charge is 0.308 e. The lowest BCUT2D eigenvalue weighted by Crippen LogP contribution is -2.37. The van der Waals surface area contributed by atoms with Gasteiger partial charge >= 0.3 is 5.97 Å². The molecule has 0 aliphatic carbocycles. The van der Waals surface area contributed by atoms with Crippen LogP contribution in [0.3, 0.4) is 0 Å². The Balaban J connectivity index is 1.97. The van der Waals surface area contributed by atoms with E-state index in [9.17, 15) is 17.6 Å². The van der Waals surface area contributed by atoms with Gasteiger partial charge in [0.15, 0.2) is 0 Å². The fraction of sp³-hybridized carbons (Fsp3) is 0.462. The van der Waals surface area contributed by atoms with Crippen LogP contribution in [0.2, 0.25) is 0 Å². The normalized spacial score (nSPS) is 29.8. The highest BCUT2D eigenvalue weighted by molar-refractivity contribution is 7.89. The second-order valence-electron chi connectivity index (χ2n) is 5.27. The molecule has 3 unspecified atom stereocenters. The molecule has 1 N–H and O–H groups in total. The molecule has 2 aliphatic heterocycles. The molecule has 1 aromatic carbocycles. The highest BCUT2D eigenvalue weighted by Crippen LogP contribution is 2.44. The summed E-state index contributed by atoms with van der Waals surface area (Å²) in [5.74, 6) is -2.09. The minimum Gasteiger partial charge on any atom is -0.481 e. The average Bonchev–Trinajstić information content (AvgIpc) is 2.97. The SMILES string of the molecule is O=C(O)C1CC2CCC1N2S(=O)(=O)c1ccc(F)cc1. The molecule has 0 aromatic heterocycles. The second kappa shape index (κ2) is 4.53. The fourth-order valence-electron chi connectivity index (χ4n) is 3.31. The number of rotatable bonds is 3. The first-order valence-electron chi connectivity index (χ1n) is 6.43. The molecule has 5 nitrogen and oxygen atoms in total. The van der Waals surface area contributed by atoms with Crippen molar-refractivity contribution in [3.63, 3.8) is 0 Å². The van der Waals surface area contributed by atoms with E-state index in [2.05, 4.69) is 0 Å². The number of carboxylic acid groups (broad SMARTS) is 1. The largest absolute Gasteiger partial charge is 0.481 e. The second-order valence-corrected chi connectivity index (χ2v) is 7.11. The summed E-state index contributed by atoms with van der Waals surface area (Å²) in [5.41, 5.74) is 0. The molecule has 3 rings (SSSR count). The third-order valence-electron chi connectivity index (χ3n) is 4.18. The monoisotopic (exact) mass is 299 g/mol. The predicted molar refractivity (Wildman–Crippen MR) is 68.0 cm³/mol. The van der Waals surface area contributed by atoms with Crippen molar-refractivity contribution in [2.75, 3.05) is 0 Å². The predicted octanol–water partition coefficient (Wildman–Crippen LogP) is 1.45.